The fourth-order valence-corrected chi connectivity index (χ4v) is 0.321. The Kier molecular flexibility index (Phi) is 2.73. The zero-order valence-corrected chi connectivity index (χ0v) is 6.52. The quantitative estimate of drug-likeness (QED) is 0.487. The van der Waals surface area contributed by atoms with E-state index in [0.29, 0.717) is 5.92 Å². The van der Waals surface area contributed by atoms with Gasteiger partial charge in [-0.15, -0.1) is 0 Å². The van der Waals surface area contributed by atoms with Gasteiger partial charge in [0.15, 0.2) is 0 Å². The van der Waals surface area contributed by atoms with Crippen LogP contribution in [-0.2, 0) is 0 Å². The van der Waals surface area contributed by atoms with E-state index in [1.165, 1.54) is 0 Å². The summed E-state index contributed by atoms with van der Waals surface area (Å²) in [6.07, 6.45) is 0. The van der Waals surface area contributed by atoms with Gasteiger partial charge in [0, 0.05) is 5.92 Å². The van der Waals surface area contributed by atoms with Crippen LogP contribution in [0.15, 0.2) is 0 Å². The lowest BCUT2D eigenvalue weighted by Gasteiger charge is -2.06. The van der Waals surface area contributed by atoms with Crippen molar-refractivity contribution < 1.29 is 5.11 Å². The van der Waals surface area contributed by atoms with Crippen LogP contribution >= 0.6 is 0 Å². The molecule has 0 aliphatic heterocycles. The minimum Gasteiger partial charge on any atom is -0.378 e. The van der Waals surface area contributed by atoms with Crippen molar-refractivity contribution in [2.75, 3.05) is 0 Å². The topological polar surface area (TPSA) is 20.2 Å². The molecule has 0 fully saturated rings. The summed E-state index contributed by atoms with van der Waals surface area (Å²) in [6, 6.07) is 0. The Morgan fingerprint density at radius 3 is 1.89 bits per heavy atom. The van der Waals surface area contributed by atoms with Gasteiger partial charge in [-0.3, -0.25) is 0 Å². The Bertz CT molecular complexity index is 129. The average Bonchev–Trinajstić information content (AvgIpc) is 1.59. The molecule has 0 aliphatic carbocycles. The smallest absolute Gasteiger partial charge is 0.119 e. The van der Waals surface area contributed by atoms with E-state index in [1.54, 1.807) is 13.8 Å². The van der Waals surface area contributed by atoms with E-state index in [1.807, 2.05) is 13.8 Å². The van der Waals surface area contributed by atoms with Crippen LogP contribution in [0.1, 0.15) is 27.7 Å². The normalized spacial score (nSPS) is 10.9. The molecule has 0 unspecified atom stereocenters. The van der Waals surface area contributed by atoms with E-state index < -0.39 is 5.60 Å². The Hall–Kier alpha value is -0.480. The van der Waals surface area contributed by atoms with Gasteiger partial charge < -0.3 is 5.11 Å². The highest BCUT2D eigenvalue weighted by molar-refractivity contribution is 5.11. The second kappa shape index (κ2) is 2.89. The summed E-state index contributed by atoms with van der Waals surface area (Å²) in [5.74, 6) is 5.96. The lowest BCUT2D eigenvalue weighted by atomic mass is 10.1. The van der Waals surface area contributed by atoms with Gasteiger partial charge in [0.25, 0.3) is 0 Å². The van der Waals surface area contributed by atoms with E-state index in [9.17, 15) is 0 Å². The molecule has 1 N–H and O–H groups in total. The maximum absolute atomic E-state index is 9.09. The van der Waals surface area contributed by atoms with E-state index in [2.05, 4.69) is 11.8 Å². The van der Waals surface area contributed by atoms with Crippen molar-refractivity contribution in [3.63, 3.8) is 0 Å². The Morgan fingerprint density at radius 1 is 1.33 bits per heavy atom. The first-order valence-corrected chi connectivity index (χ1v) is 3.17. The van der Waals surface area contributed by atoms with Gasteiger partial charge in [0.05, 0.1) is 0 Å². The fourth-order valence-electron chi connectivity index (χ4n) is 0.321. The lowest BCUT2D eigenvalue weighted by Crippen LogP contribution is -2.14. The summed E-state index contributed by atoms with van der Waals surface area (Å²) in [4.78, 5) is 0. The number of hydrogen-bond donors (Lipinski definition) is 1. The Balaban J connectivity index is 3.88. The van der Waals surface area contributed by atoms with Gasteiger partial charge in [0.2, 0.25) is 0 Å². The maximum atomic E-state index is 9.09. The van der Waals surface area contributed by atoms with Crippen molar-refractivity contribution >= 4 is 0 Å². The van der Waals surface area contributed by atoms with Crippen LogP contribution < -0.4 is 0 Å². The molecule has 0 bridgehead atoms. The molecule has 0 aromatic carbocycles. The molecule has 1 heteroatoms. The Labute approximate surface area is 57.1 Å². The first-order valence-electron chi connectivity index (χ1n) is 3.17. The van der Waals surface area contributed by atoms with E-state index in [-0.39, 0.29) is 0 Å². The summed E-state index contributed by atoms with van der Waals surface area (Å²) in [5, 5.41) is 9.09. The summed E-state index contributed by atoms with van der Waals surface area (Å²) in [7, 11) is 0. The molecule has 0 aromatic rings. The largest absolute Gasteiger partial charge is 0.378 e. The maximum Gasteiger partial charge on any atom is 0.119 e. The molecule has 0 rings (SSSR count). The van der Waals surface area contributed by atoms with Gasteiger partial charge in [-0.2, -0.15) is 0 Å². The predicted octanol–water partition coefficient (Wildman–Crippen LogP) is 1.42. The first-order chi connectivity index (χ1) is 3.92. The van der Waals surface area contributed by atoms with Crippen LogP contribution in [0.5, 0.6) is 0 Å². The number of aliphatic hydroxyl groups is 1. The van der Waals surface area contributed by atoms with E-state index >= 15 is 0 Å². The van der Waals surface area contributed by atoms with Crippen LogP contribution in [0.2, 0.25) is 0 Å². The van der Waals surface area contributed by atoms with Crippen LogP contribution in [0, 0.1) is 17.8 Å². The van der Waals surface area contributed by atoms with Crippen molar-refractivity contribution in [1.29, 1.82) is 0 Å². The molecule has 0 atom stereocenters. The number of rotatable bonds is 0. The van der Waals surface area contributed by atoms with Crippen molar-refractivity contribution in [1.82, 2.24) is 0 Å². The summed E-state index contributed by atoms with van der Waals surface area (Å²) in [6.45, 7) is 7.36. The van der Waals surface area contributed by atoms with E-state index in [0.717, 1.165) is 0 Å². The molecule has 0 spiro atoms. The van der Waals surface area contributed by atoms with Gasteiger partial charge >= 0.3 is 0 Å². The van der Waals surface area contributed by atoms with Gasteiger partial charge in [-0.25, -0.2) is 0 Å². The molecule has 0 saturated carbocycles. The second-order valence-corrected chi connectivity index (χ2v) is 2.98. The third-order valence-corrected chi connectivity index (χ3v) is 0.667. The van der Waals surface area contributed by atoms with Crippen LogP contribution in [0.4, 0.5) is 0 Å². The zero-order valence-electron chi connectivity index (χ0n) is 6.52. The molecule has 0 aliphatic rings. The zero-order chi connectivity index (χ0) is 7.49. The average molecular weight is 126 g/mol. The third-order valence-electron chi connectivity index (χ3n) is 0.667. The Morgan fingerprint density at radius 2 is 1.78 bits per heavy atom. The molecule has 9 heavy (non-hydrogen) atoms. The van der Waals surface area contributed by atoms with Gasteiger partial charge in [-0.1, -0.05) is 25.7 Å². The predicted molar refractivity (Wildman–Crippen MR) is 38.9 cm³/mol. The molecule has 0 radical (unpaired) electrons. The van der Waals surface area contributed by atoms with Crippen LogP contribution in [0.25, 0.3) is 0 Å². The second-order valence-electron chi connectivity index (χ2n) is 2.98. The molecular weight excluding hydrogens is 112 g/mol. The highest BCUT2D eigenvalue weighted by atomic mass is 16.3. The van der Waals surface area contributed by atoms with Crippen molar-refractivity contribution in [2.45, 2.75) is 33.3 Å². The highest BCUT2D eigenvalue weighted by Crippen LogP contribution is 1.98. The van der Waals surface area contributed by atoms with Crippen LogP contribution in [-0.4, -0.2) is 10.7 Å². The SMILES string of the molecule is CC(C)C#CC(C)(C)O. The van der Waals surface area contributed by atoms with Gasteiger partial charge in [0.1, 0.15) is 5.60 Å². The summed E-state index contributed by atoms with van der Waals surface area (Å²) in [5.41, 5.74) is -0.829. The summed E-state index contributed by atoms with van der Waals surface area (Å²) < 4.78 is 0. The minimum absolute atomic E-state index is 0.344. The van der Waals surface area contributed by atoms with Gasteiger partial charge in [-0.05, 0) is 13.8 Å². The third kappa shape index (κ3) is 7.52. The first kappa shape index (κ1) is 8.52. The van der Waals surface area contributed by atoms with E-state index in [4.69, 9.17) is 5.11 Å². The monoisotopic (exact) mass is 126 g/mol. The minimum atomic E-state index is -0.829. The standard InChI is InChI=1S/C8H14O/c1-7(2)5-6-8(3,4)9/h7,9H,1-4H3. The molecule has 0 amide bonds. The molecular formula is C8H14O. The van der Waals surface area contributed by atoms with Crippen molar-refractivity contribution in [3.05, 3.63) is 0 Å². The van der Waals surface area contributed by atoms with Crippen LogP contribution in [0.3, 0.4) is 0 Å². The summed E-state index contributed by atoms with van der Waals surface area (Å²) >= 11 is 0. The fraction of sp³-hybridized carbons (Fsp3) is 0.750. The highest BCUT2D eigenvalue weighted by Gasteiger charge is 2.05. The molecule has 0 heterocycles. The molecule has 52 valence electrons. The number of hydrogen-bond acceptors (Lipinski definition) is 1. The van der Waals surface area contributed by atoms with Crippen molar-refractivity contribution in [2.24, 2.45) is 5.92 Å². The molecule has 0 saturated heterocycles. The molecule has 0 aromatic heterocycles. The lowest BCUT2D eigenvalue weighted by molar-refractivity contribution is 0.143. The van der Waals surface area contributed by atoms with Crippen molar-refractivity contribution in [3.8, 4) is 11.8 Å². The molecule has 1 nitrogen and oxygen atoms in total.